The van der Waals surface area contributed by atoms with Gasteiger partial charge in [0.05, 0.1) is 17.2 Å². The number of sulfone groups is 1. The molecular weight excluding hydrogens is 340 g/mol. The summed E-state index contributed by atoms with van der Waals surface area (Å²) >= 11 is 0. The van der Waals surface area contributed by atoms with E-state index < -0.39 is 9.84 Å². The van der Waals surface area contributed by atoms with E-state index in [1.54, 1.807) is 0 Å². The van der Waals surface area contributed by atoms with Gasteiger partial charge in [0.25, 0.3) is 0 Å². The highest BCUT2D eigenvalue weighted by Gasteiger charge is 2.35. The first kappa shape index (κ1) is 18.4. The zero-order valence-corrected chi connectivity index (χ0v) is 15.9. The lowest BCUT2D eigenvalue weighted by atomic mass is 9.94. The first-order valence-electron chi connectivity index (χ1n) is 9.08. The summed E-state index contributed by atoms with van der Waals surface area (Å²) < 4.78 is 23.2. The molecule has 3 rings (SSSR count). The zero-order valence-electron chi connectivity index (χ0n) is 15.0. The van der Waals surface area contributed by atoms with E-state index in [0.29, 0.717) is 12.3 Å². The monoisotopic (exact) mass is 368 g/mol. The summed E-state index contributed by atoms with van der Waals surface area (Å²) in [5.41, 5.74) is 3.23. The lowest BCUT2D eigenvalue weighted by Crippen LogP contribution is -2.45. The van der Waals surface area contributed by atoms with Gasteiger partial charge in [0.2, 0.25) is 5.91 Å². The van der Waals surface area contributed by atoms with Crippen molar-refractivity contribution in [3.8, 4) is 0 Å². The second-order valence-electron chi connectivity index (χ2n) is 7.32. The number of aromatic nitrogens is 2. The van der Waals surface area contributed by atoms with Crippen molar-refractivity contribution in [3.63, 3.8) is 0 Å². The van der Waals surface area contributed by atoms with Crippen molar-refractivity contribution in [1.29, 1.82) is 0 Å². The summed E-state index contributed by atoms with van der Waals surface area (Å²) in [5.74, 6) is 0.761. The van der Waals surface area contributed by atoms with Crippen molar-refractivity contribution in [3.05, 3.63) is 17.0 Å². The standard InChI is InChI=1S/C17H28N4O3S/c1-12-16(13(2)20-19-12)3-7-18-17(22)14-4-8-21(9-5-14)15-6-10-25(23,24)11-15/h14-15H,3-11H2,1-2H3,(H,18,22)(H,19,20)/t15-/m0/s1. The minimum Gasteiger partial charge on any atom is -0.356 e. The lowest BCUT2D eigenvalue weighted by Gasteiger charge is -2.34. The fraction of sp³-hybridized carbons (Fsp3) is 0.765. The van der Waals surface area contributed by atoms with E-state index in [0.717, 1.165) is 50.2 Å². The van der Waals surface area contributed by atoms with Crippen molar-refractivity contribution in [1.82, 2.24) is 20.4 Å². The molecule has 1 atom stereocenters. The highest BCUT2D eigenvalue weighted by atomic mass is 32.2. The van der Waals surface area contributed by atoms with Crippen LogP contribution in [-0.2, 0) is 21.1 Å². The van der Waals surface area contributed by atoms with Crippen LogP contribution >= 0.6 is 0 Å². The Bertz CT molecular complexity index is 701. The Hall–Kier alpha value is -1.41. The van der Waals surface area contributed by atoms with Crippen LogP contribution in [0.25, 0.3) is 0 Å². The maximum Gasteiger partial charge on any atom is 0.223 e. The summed E-state index contributed by atoms with van der Waals surface area (Å²) in [4.78, 5) is 14.6. The number of aromatic amines is 1. The number of nitrogens with zero attached hydrogens (tertiary/aromatic N) is 2. The summed E-state index contributed by atoms with van der Waals surface area (Å²) in [7, 11) is -2.84. The maximum absolute atomic E-state index is 12.4. The first-order valence-corrected chi connectivity index (χ1v) is 10.9. The molecular formula is C17H28N4O3S. The highest BCUT2D eigenvalue weighted by Crippen LogP contribution is 2.24. The Balaban J connectivity index is 1.41. The van der Waals surface area contributed by atoms with Crippen molar-refractivity contribution in [2.45, 2.75) is 45.6 Å². The number of rotatable bonds is 5. The van der Waals surface area contributed by atoms with E-state index in [4.69, 9.17) is 0 Å². The average molecular weight is 369 g/mol. The first-order chi connectivity index (χ1) is 11.9. The third-order valence-corrected chi connectivity index (χ3v) is 7.33. The van der Waals surface area contributed by atoms with Crippen molar-refractivity contribution >= 4 is 15.7 Å². The Morgan fingerprint density at radius 3 is 2.56 bits per heavy atom. The number of piperidine rings is 1. The van der Waals surface area contributed by atoms with Crippen LogP contribution in [-0.4, -0.2) is 66.6 Å². The van der Waals surface area contributed by atoms with Crippen molar-refractivity contribution in [2.75, 3.05) is 31.1 Å². The molecule has 2 aliphatic heterocycles. The normalized spacial score (nSPS) is 24.5. The van der Waals surface area contributed by atoms with Gasteiger partial charge in [-0.1, -0.05) is 0 Å². The summed E-state index contributed by atoms with van der Waals surface area (Å²) in [6.45, 7) is 6.23. The van der Waals surface area contributed by atoms with Gasteiger partial charge in [0.15, 0.2) is 9.84 Å². The molecule has 0 aliphatic carbocycles. The fourth-order valence-corrected chi connectivity index (χ4v) is 5.75. The molecule has 0 radical (unpaired) electrons. The van der Waals surface area contributed by atoms with Crippen LogP contribution in [0.1, 0.15) is 36.2 Å². The Morgan fingerprint density at radius 1 is 1.28 bits per heavy atom. The summed E-state index contributed by atoms with van der Waals surface area (Å²) in [6.07, 6.45) is 3.15. The van der Waals surface area contributed by atoms with Gasteiger partial charge in [-0.25, -0.2) is 8.42 Å². The summed E-state index contributed by atoms with van der Waals surface area (Å²) in [6, 6.07) is 0.154. The minimum atomic E-state index is -2.84. The van der Waals surface area contributed by atoms with E-state index in [1.165, 1.54) is 5.56 Å². The largest absolute Gasteiger partial charge is 0.356 e. The van der Waals surface area contributed by atoms with E-state index >= 15 is 0 Å². The molecule has 3 heterocycles. The molecule has 1 aromatic heterocycles. The molecule has 0 spiro atoms. The number of aryl methyl sites for hydroxylation is 2. The molecule has 0 bridgehead atoms. The second-order valence-corrected chi connectivity index (χ2v) is 9.55. The zero-order chi connectivity index (χ0) is 18.0. The van der Waals surface area contributed by atoms with Crippen LogP contribution in [0.4, 0.5) is 0 Å². The van der Waals surface area contributed by atoms with E-state index in [1.807, 2.05) is 13.8 Å². The molecule has 0 unspecified atom stereocenters. The minimum absolute atomic E-state index is 0.0424. The van der Waals surface area contributed by atoms with Crippen molar-refractivity contribution < 1.29 is 13.2 Å². The number of carbonyl (C=O) groups is 1. The lowest BCUT2D eigenvalue weighted by molar-refractivity contribution is -0.126. The van der Waals surface area contributed by atoms with Crippen LogP contribution in [0.15, 0.2) is 0 Å². The quantitative estimate of drug-likeness (QED) is 0.793. The number of amides is 1. The second kappa shape index (κ2) is 7.45. The smallest absolute Gasteiger partial charge is 0.223 e. The van der Waals surface area contributed by atoms with Crippen LogP contribution in [0, 0.1) is 19.8 Å². The number of H-pyrrole nitrogens is 1. The van der Waals surface area contributed by atoms with Gasteiger partial charge in [-0.2, -0.15) is 5.10 Å². The fourth-order valence-electron chi connectivity index (χ4n) is 3.99. The number of hydrogen-bond acceptors (Lipinski definition) is 5. The Kier molecular flexibility index (Phi) is 5.48. The summed E-state index contributed by atoms with van der Waals surface area (Å²) in [5, 5.41) is 10.2. The molecule has 2 saturated heterocycles. The highest BCUT2D eigenvalue weighted by molar-refractivity contribution is 7.91. The maximum atomic E-state index is 12.4. The predicted molar refractivity (Wildman–Crippen MR) is 96.1 cm³/mol. The van der Waals surface area contributed by atoms with Gasteiger partial charge in [0, 0.05) is 24.2 Å². The molecule has 0 saturated carbocycles. The van der Waals surface area contributed by atoms with E-state index in [9.17, 15) is 13.2 Å². The Morgan fingerprint density at radius 2 is 2.00 bits per heavy atom. The molecule has 140 valence electrons. The molecule has 2 aliphatic rings. The van der Waals surface area contributed by atoms with Gasteiger partial charge in [-0.05, 0) is 58.2 Å². The number of carbonyl (C=O) groups excluding carboxylic acids is 1. The topological polar surface area (TPSA) is 95.2 Å². The SMILES string of the molecule is Cc1n[nH]c(C)c1CCNC(=O)C1CCN([C@H]2CCS(=O)(=O)C2)CC1. The van der Waals surface area contributed by atoms with Gasteiger partial charge >= 0.3 is 0 Å². The predicted octanol–water partition coefficient (Wildman–Crippen LogP) is 0.584. The van der Waals surface area contributed by atoms with Crippen LogP contribution in [0.3, 0.4) is 0 Å². The molecule has 8 heteroatoms. The molecule has 7 nitrogen and oxygen atoms in total. The molecule has 2 N–H and O–H groups in total. The third-order valence-electron chi connectivity index (χ3n) is 5.58. The number of nitrogens with one attached hydrogen (secondary N) is 2. The van der Waals surface area contributed by atoms with E-state index in [2.05, 4.69) is 20.4 Å². The number of likely N-dealkylation sites (tertiary alicyclic amines) is 1. The van der Waals surface area contributed by atoms with E-state index in [-0.39, 0.29) is 23.6 Å². The molecule has 0 aromatic carbocycles. The molecule has 2 fully saturated rings. The number of hydrogen-bond donors (Lipinski definition) is 2. The Labute approximate surface area is 149 Å². The third kappa shape index (κ3) is 4.41. The van der Waals surface area contributed by atoms with Gasteiger partial charge in [-0.3, -0.25) is 14.8 Å². The average Bonchev–Trinajstić information content (AvgIpc) is 3.10. The molecule has 25 heavy (non-hydrogen) atoms. The molecule has 1 aromatic rings. The van der Waals surface area contributed by atoms with Crippen molar-refractivity contribution in [2.24, 2.45) is 5.92 Å². The van der Waals surface area contributed by atoms with Crippen LogP contribution in [0.2, 0.25) is 0 Å². The van der Waals surface area contributed by atoms with Gasteiger partial charge in [0.1, 0.15) is 0 Å². The van der Waals surface area contributed by atoms with Gasteiger partial charge < -0.3 is 5.32 Å². The molecule has 1 amide bonds. The van der Waals surface area contributed by atoms with Gasteiger partial charge in [-0.15, -0.1) is 0 Å². The van der Waals surface area contributed by atoms with Crippen LogP contribution < -0.4 is 5.32 Å². The van der Waals surface area contributed by atoms with Crippen LogP contribution in [0.5, 0.6) is 0 Å².